The molecule has 0 aliphatic carbocycles. The average Bonchev–Trinajstić information content (AvgIpc) is 2.80. The molecule has 4 rings (SSSR count). The van der Waals surface area contributed by atoms with Crippen LogP contribution in [0.2, 0.25) is 0 Å². The van der Waals surface area contributed by atoms with Crippen molar-refractivity contribution in [3.05, 3.63) is 93.8 Å². The van der Waals surface area contributed by atoms with Crippen molar-refractivity contribution >= 4 is 17.2 Å². The highest BCUT2D eigenvalue weighted by Crippen LogP contribution is 2.26. The lowest BCUT2D eigenvalue weighted by atomic mass is 10.1. The fourth-order valence-corrected chi connectivity index (χ4v) is 3.25. The molecule has 0 saturated heterocycles. The molecule has 0 aliphatic rings. The SMILES string of the molecule is N#Cc1ccc(Cn2nc(-c3ccc(COC=O)nc3F)c3ccccc3c2=O)cc1. The van der Waals surface area contributed by atoms with Crippen LogP contribution in [0.5, 0.6) is 0 Å². The fourth-order valence-electron chi connectivity index (χ4n) is 3.25. The highest BCUT2D eigenvalue weighted by molar-refractivity contribution is 5.93. The Hall–Kier alpha value is -4.38. The van der Waals surface area contributed by atoms with Gasteiger partial charge in [-0.2, -0.15) is 14.8 Å². The van der Waals surface area contributed by atoms with Crippen molar-refractivity contribution in [1.29, 1.82) is 5.26 Å². The Labute approximate surface area is 176 Å². The average molecular weight is 414 g/mol. The molecule has 0 saturated carbocycles. The van der Waals surface area contributed by atoms with Gasteiger partial charge in [0, 0.05) is 5.39 Å². The van der Waals surface area contributed by atoms with E-state index in [1.807, 2.05) is 6.07 Å². The van der Waals surface area contributed by atoms with Crippen LogP contribution < -0.4 is 5.56 Å². The molecule has 2 aromatic carbocycles. The van der Waals surface area contributed by atoms with E-state index in [0.717, 1.165) is 5.56 Å². The van der Waals surface area contributed by atoms with Gasteiger partial charge in [0.25, 0.3) is 12.0 Å². The second kappa shape index (κ2) is 8.55. The van der Waals surface area contributed by atoms with Gasteiger partial charge in [-0.1, -0.05) is 30.3 Å². The summed E-state index contributed by atoms with van der Waals surface area (Å²) < 4.78 is 20.7. The van der Waals surface area contributed by atoms with Crippen LogP contribution in [-0.2, 0) is 22.7 Å². The molecule has 8 heteroatoms. The van der Waals surface area contributed by atoms with Crippen LogP contribution >= 0.6 is 0 Å². The molecule has 152 valence electrons. The Morgan fingerprint density at radius 1 is 1.06 bits per heavy atom. The van der Waals surface area contributed by atoms with Gasteiger partial charge < -0.3 is 4.74 Å². The number of pyridine rings is 1. The minimum Gasteiger partial charge on any atom is -0.461 e. The van der Waals surface area contributed by atoms with Crippen molar-refractivity contribution in [2.24, 2.45) is 0 Å². The summed E-state index contributed by atoms with van der Waals surface area (Å²) >= 11 is 0. The topological polar surface area (TPSA) is 97.9 Å². The van der Waals surface area contributed by atoms with Gasteiger partial charge in [0.05, 0.1) is 34.8 Å². The molecule has 0 spiro atoms. The van der Waals surface area contributed by atoms with E-state index in [4.69, 9.17) is 5.26 Å². The largest absolute Gasteiger partial charge is 0.461 e. The fraction of sp³-hybridized carbons (Fsp3) is 0.0870. The predicted molar refractivity (Wildman–Crippen MR) is 110 cm³/mol. The number of carbonyl (C=O) groups excluding carboxylic acids is 1. The number of nitriles is 1. The highest BCUT2D eigenvalue weighted by atomic mass is 19.1. The molecule has 0 radical (unpaired) electrons. The molecule has 0 N–H and O–H groups in total. The Kier molecular flexibility index (Phi) is 5.49. The standard InChI is InChI=1S/C23H15FN4O3/c24-22-20(10-9-17(26-22)13-31-14-29)21-18-3-1-2-4-19(18)23(30)28(27-21)12-16-7-5-15(11-25)6-8-16/h1-10,14H,12-13H2. The van der Waals surface area contributed by atoms with Gasteiger partial charge in [0.2, 0.25) is 5.95 Å². The first-order valence-electron chi connectivity index (χ1n) is 9.30. The maximum Gasteiger partial charge on any atom is 0.293 e. The van der Waals surface area contributed by atoms with Crippen molar-refractivity contribution in [2.75, 3.05) is 0 Å². The molecular formula is C23H15FN4O3. The summed E-state index contributed by atoms with van der Waals surface area (Å²) in [7, 11) is 0. The summed E-state index contributed by atoms with van der Waals surface area (Å²) in [6.07, 6.45) is 0. The van der Waals surface area contributed by atoms with Crippen molar-refractivity contribution in [3.63, 3.8) is 0 Å². The third-order valence-electron chi connectivity index (χ3n) is 4.74. The van der Waals surface area contributed by atoms with Gasteiger partial charge in [-0.05, 0) is 35.9 Å². The summed E-state index contributed by atoms with van der Waals surface area (Å²) in [6.45, 7) is 0.275. The van der Waals surface area contributed by atoms with Gasteiger partial charge >= 0.3 is 0 Å². The summed E-state index contributed by atoms with van der Waals surface area (Å²) in [5.74, 6) is -0.784. The minimum atomic E-state index is -0.784. The maximum atomic E-state index is 14.8. The van der Waals surface area contributed by atoms with Crippen molar-refractivity contribution in [3.8, 4) is 17.3 Å². The number of aromatic nitrogens is 3. The molecule has 0 unspecified atom stereocenters. The second-order valence-electron chi connectivity index (χ2n) is 6.71. The molecule has 0 aliphatic heterocycles. The Morgan fingerprint density at radius 3 is 2.48 bits per heavy atom. The van der Waals surface area contributed by atoms with Crippen molar-refractivity contribution in [1.82, 2.24) is 14.8 Å². The molecule has 4 aromatic rings. The number of nitrogens with zero attached hydrogens (tertiary/aromatic N) is 4. The first-order valence-corrected chi connectivity index (χ1v) is 9.30. The summed E-state index contributed by atoms with van der Waals surface area (Å²) in [6, 6.07) is 18.7. The van der Waals surface area contributed by atoms with Crippen LogP contribution in [0.4, 0.5) is 4.39 Å². The van der Waals surface area contributed by atoms with E-state index >= 15 is 0 Å². The van der Waals surface area contributed by atoms with E-state index in [0.29, 0.717) is 16.3 Å². The number of hydrogen-bond donors (Lipinski definition) is 0. The Morgan fingerprint density at radius 2 is 1.81 bits per heavy atom. The number of ether oxygens (including phenoxy) is 1. The monoisotopic (exact) mass is 414 g/mol. The van der Waals surface area contributed by atoms with Crippen LogP contribution in [0.15, 0.2) is 65.5 Å². The summed E-state index contributed by atoms with van der Waals surface area (Å²) in [5, 5.41) is 14.3. The third-order valence-corrected chi connectivity index (χ3v) is 4.74. The van der Waals surface area contributed by atoms with E-state index in [2.05, 4.69) is 14.8 Å². The maximum absolute atomic E-state index is 14.8. The molecule has 2 heterocycles. The number of halogens is 1. The van der Waals surface area contributed by atoms with Crippen LogP contribution in [0, 0.1) is 17.3 Å². The molecule has 0 amide bonds. The van der Waals surface area contributed by atoms with Gasteiger partial charge in [0.15, 0.2) is 0 Å². The number of carbonyl (C=O) groups is 1. The predicted octanol–water partition coefficient (Wildman–Crippen LogP) is 3.19. The highest BCUT2D eigenvalue weighted by Gasteiger charge is 2.17. The van der Waals surface area contributed by atoms with Crippen LogP contribution in [0.25, 0.3) is 22.0 Å². The quantitative estimate of drug-likeness (QED) is 0.355. The van der Waals surface area contributed by atoms with Crippen LogP contribution in [0.1, 0.15) is 16.8 Å². The Bertz CT molecular complexity index is 1370. The number of benzene rings is 2. The molecule has 0 atom stereocenters. The summed E-state index contributed by atoms with van der Waals surface area (Å²) in [5.41, 5.74) is 1.62. The lowest BCUT2D eigenvalue weighted by Crippen LogP contribution is -2.24. The van der Waals surface area contributed by atoms with Crippen molar-refractivity contribution < 1.29 is 13.9 Å². The molecule has 7 nitrogen and oxygen atoms in total. The number of hydrogen-bond acceptors (Lipinski definition) is 6. The van der Waals surface area contributed by atoms with Gasteiger partial charge in [0.1, 0.15) is 12.3 Å². The van der Waals surface area contributed by atoms with E-state index in [9.17, 15) is 14.0 Å². The van der Waals surface area contributed by atoms with Crippen molar-refractivity contribution in [2.45, 2.75) is 13.2 Å². The lowest BCUT2D eigenvalue weighted by molar-refractivity contribution is -0.129. The van der Waals surface area contributed by atoms with E-state index in [-0.39, 0.29) is 42.1 Å². The van der Waals surface area contributed by atoms with Gasteiger partial charge in [-0.25, -0.2) is 9.67 Å². The zero-order valence-corrected chi connectivity index (χ0v) is 16.2. The van der Waals surface area contributed by atoms with Gasteiger partial charge in [-0.3, -0.25) is 9.59 Å². The first-order chi connectivity index (χ1) is 15.1. The zero-order chi connectivity index (χ0) is 21.8. The lowest BCUT2D eigenvalue weighted by Gasteiger charge is -2.12. The normalized spacial score (nSPS) is 10.6. The van der Waals surface area contributed by atoms with Gasteiger partial charge in [-0.15, -0.1) is 0 Å². The molecule has 2 aromatic heterocycles. The van der Waals surface area contributed by atoms with E-state index in [1.165, 1.54) is 16.8 Å². The summed E-state index contributed by atoms with van der Waals surface area (Å²) in [4.78, 5) is 27.2. The minimum absolute atomic E-state index is 0.125. The molecule has 31 heavy (non-hydrogen) atoms. The van der Waals surface area contributed by atoms with E-state index in [1.54, 1.807) is 48.5 Å². The molecule has 0 bridgehead atoms. The Balaban J connectivity index is 1.83. The first kappa shape index (κ1) is 19.9. The van der Waals surface area contributed by atoms with Crippen LogP contribution in [-0.4, -0.2) is 21.2 Å². The smallest absolute Gasteiger partial charge is 0.293 e. The number of fused-ring (bicyclic) bond motifs is 1. The third kappa shape index (κ3) is 4.02. The molecule has 0 fully saturated rings. The van der Waals surface area contributed by atoms with Crippen LogP contribution in [0.3, 0.4) is 0 Å². The molecular weight excluding hydrogens is 399 g/mol. The number of rotatable bonds is 6. The van der Waals surface area contributed by atoms with E-state index < -0.39 is 5.95 Å². The zero-order valence-electron chi connectivity index (χ0n) is 16.2. The second-order valence-corrected chi connectivity index (χ2v) is 6.71.